The number of nitrogens with zero attached hydrogens (tertiary/aromatic N) is 1. The van der Waals surface area contributed by atoms with Gasteiger partial charge in [0.25, 0.3) is 5.91 Å². The van der Waals surface area contributed by atoms with Crippen molar-refractivity contribution in [3.05, 3.63) is 24.2 Å². The summed E-state index contributed by atoms with van der Waals surface area (Å²) >= 11 is 1.90. The SMILES string of the molecule is CC1CSCCN1C(=O)c1ccco1. The lowest BCUT2D eigenvalue weighted by atomic mass is 10.2. The van der Waals surface area contributed by atoms with Gasteiger partial charge >= 0.3 is 0 Å². The summed E-state index contributed by atoms with van der Waals surface area (Å²) < 4.78 is 5.10. The first kappa shape index (κ1) is 9.65. The highest BCUT2D eigenvalue weighted by molar-refractivity contribution is 7.99. The fourth-order valence-corrected chi connectivity index (χ4v) is 2.58. The van der Waals surface area contributed by atoms with Crippen molar-refractivity contribution < 1.29 is 9.21 Å². The Morgan fingerprint density at radius 1 is 1.71 bits per heavy atom. The third-order valence-electron chi connectivity index (χ3n) is 2.36. The number of hydrogen-bond donors (Lipinski definition) is 0. The Labute approximate surface area is 87.5 Å². The molecule has 1 saturated heterocycles. The summed E-state index contributed by atoms with van der Waals surface area (Å²) in [5, 5.41) is 0. The molecule has 0 aromatic carbocycles. The maximum atomic E-state index is 11.9. The molecule has 1 aliphatic heterocycles. The second kappa shape index (κ2) is 4.09. The van der Waals surface area contributed by atoms with Gasteiger partial charge in [0.1, 0.15) is 0 Å². The average Bonchev–Trinajstić information content (AvgIpc) is 2.70. The predicted octanol–water partition coefficient (Wildman–Crippen LogP) is 1.86. The van der Waals surface area contributed by atoms with Crippen LogP contribution in [0.5, 0.6) is 0 Å². The number of amides is 1. The number of carbonyl (C=O) groups is 1. The quantitative estimate of drug-likeness (QED) is 0.711. The summed E-state index contributed by atoms with van der Waals surface area (Å²) in [6.45, 7) is 2.90. The van der Waals surface area contributed by atoms with Crippen molar-refractivity contribution >= 4 is 17.7 Å². The molecule has 76 valence electrons. The maximum absolute atomic E-state index is 11.9. The Kier molecular flexibility index (Phi) is 2.82. The van der Waals surface area contributed by atoms with Crippen molar-refractivity contribution in [2.45, 2.75) is 13.0 Å². The summed E-state index contributed by atoms with van der Waals surface area (Å²) in [4.78, 5) is 13.8. The lowest BCUT2D eigenvalue weighted by Crippen LogP contribution is -2.44. The molecule has 0 saturated carbocycles. The number of hydrogen-bond acceptors (Lipinski definition) is 3. The van der Waals surface area contributed by atoms with Crippen LogP contribution < -0.4 is 0 Å². The van der Waals surface area contributed by atoms with Gasteiger partial charge < -0.3 is 9.32 Å². The molecule has 1 aromatic heterocycles. The molecule has 1 atom stereocenters. The number of thioether (sulfide) groups is 1. The number of furan rings is 1. The van der Waals surface area contributed by atoms with E-state index in [2.05, 4.69) is 6.92 Å². The Hall–Kier alpha value is -0.900. The maximum Gasteiger partial charge on any atom is 0.289 e. The van der Waals surface area contributed by atoms with Crippen molar-refractivity contribution in [2.24, 2.45) is 0 Å². The van der Waals surface area contributed by atoms with Crippen LogP contribution in [0.4, 0.5) is 0 Å². The molecule has 14 heavy (non-hydrogen) atoms. The molecule has 2 heterocycles. The molecule has 2 rings (SSSR count). The van der Waals surface area contributed by atoms with Crippen LogP contribution in [0.1, 0.15) is 17.5 Å². The zero-order chi connectivity index (χ0) is 9.97. The van der Waals surface area contributed by atoms with Gasteiger partial charge in [-0.05, 0) is 19.1 Å². The van der Waals surface area contributed by atoms with Crippen molar-refractivity contribution in [2.75, 3.05) is 18.1 Å². The number of rotatable bonds is 1. The molecule has 0 spiro atoms. The first-order chi connectivity index (χ1) is 6.79. The summed E-state index contributed by atoms with van der Waals surface area (Å²) in [6, 6.07) is 3.78. The molecule has 1 fully saturated rings. The molecule has 0 bridgehead atoms. The van der Waals surface area contributed by atoms with Crippen LogP contribution in [0.15, 0.2) is 22.8 Å². The van der Waals surface area contributed by atoms with Crippen molar-refractivity contribution in [1.29, 1.82) is 0 Å². The van der Waals surface area contributed by atoms with Gasteiger partial charge in [-0.2, -0.15) is 11.8 Å². The summed E-state index contributed by atoms with van der Waals surface area (Å²) in [5.41, 5.74) is 0. The van der Waals surface area contributed by atoms with E-state index in [0.29, 0.717) is 11.8 Å². The zero-order valence-corrected chi connectivity index (χ0v) is 8.92. The van der Waals surface area contributed by atoms with Crippen molar-refractivity contribution in [3.8, 4) is 0 Å². The second-order valence-corrected chi connectivity index (χ2v) is 4.55. The normalized spacial score (nSPS) is 22.4. The van der Waals surface area contributed by atoms with E-state index in [4.69, 9.17) is 4.42 Å². The summed E-state index contributed by atoms with van der Waals surface area (Å²) in [7, 11) is 0. The van der Waals surface area contributed by atoms with Crippen molar-refractivity contribution in [1.82, 2.24) is 4.90 Å². The van der Waals surface area contributed by atoms with Gasteiger partial charge in [0.15, 0.2) is 5.76 Å². The van der Waals surface area contributed by atoms with E-state index in [9.17, 15) is 4.79 Å². The zero-order valence-electron chi connectivity index (χ0n) is 8.10. The van der Waals surface area contributed by atoms with E-state index in [0.717, 1.165) is 18.1 Å². The van der Waals surface area contributed by atoms with Crippen LogP contribution in [0.2, 0.25) is 0 Å². The monoisotopic (exact) mass is 211 g/mol. The molecule has 4 heteroatoms. The van der Waals surface area contributed by atoms with Crippen LogP contribution in [0, 0.1) is 0 Å². The van der Waals surface area contributed by atoms with E-state index in [-0.39, 0.29) is 5.91 Å². The minimum atomic E-state index is 0.0165. The molecule has 1 unspecified atom stereocenters. The molecule has 1 amide bonds. The van der Waals surface area contributed by atoms with Gasteiger partial charge in [-0.15, -0.1) is 0 Å². The average molecular weight is 211 g/mol. The number of carbonyl (C=O) groups excluding carboxylic acids is 1. The first-order valence-corrected chi connectivity index (χ1v) is 5.86. The fraction of sp³-hybridized carbons (Fsp3) is 0.500. The largest absolute Gasteiger partial charge is 0.459 e. The van der Waals surface area contributed by atoms with Crippen molar-refractivity contribution in [3.63, 3.8) is 0 Å². The third-order valence-corrected chi connectivity index (χ3v) is 3.55. The Bertz CT molecular complexity index is 310. The van der Waals surface area contributed by atoms with E-state index in [1.165, 1.54) is 6.26 Å². The highest BCUT2D eigenvalue weighted by Gasteiger charge is 2.25. The summed E-state index contributed by atoms with van der Waals surface area (Å²) in [5.74, 6) is 2.51. The van der Waals surface area contributed by atoms with Gasteiger partial charge in [-0.3, -0.25) is 4.79 Å². The molecule has 3 nitrogen and oxygen atoms in total. The van der Waals surface area contributed by atoms with Crippen LogP contribution in [0.25, 0.3) is 0 Å². The Balaban J connectivity index is 2.10. The topological polar surface area (TPSA) is 33.5 Å². The summed E-state index contributed by atoms with van der Waals surface area (Å²) in [6.07, 6.45) is 1.54. The lowest BCUT2D eigenvalue weighted by molar-refractivity contribution is 0.0683. The van der Waals surface area contributed by atoms with E-state index in [1.54, 1.807) is 12.1 Å². The smallest absolute Gasteiger partial charge is 0.289 e. The predicted molar refractivity (Wildman–Crippen MR) is 56.5 cm³/mol. The van der Waals surface area contributed by atoms with Gasteiger partial charge in [0.2, 0.25) is 0 Å². The molecular weight excluding hydrogens is 198 g/mol. The minimum absolute atomic E-state index is 0.0165. The minimum Gasteiger partial charge on any atom is -0.459 e. The van der Waals surface area contributed by atoms with Gasteiger partial charge in [0, 0.05) is 24.1 Å². The fourth-order valence-electron chi connectivity index (χ4n) is 1.57. The van der Waals surface area contributed by atoms with Gasteiger partial charge in [-0.1, -0.05) is 0 Å². The highest BCUT2D eigenvalue weighted by atomic mass is 32.2. The Morgan fingerprint density at radius 2 is 2.57 bits per heavy atom. The molecular formula is C10H13NO2S. The van der Waals surface area contributed by atoms with Crippen LogP contribution in [-0.2, 0) is 0 Å². The molecule has 1 aromatic rings. The van der Waals surface area contributed by atoms with E-state index in [1.807, 2.05) is 16.7 Å². The molecule has 1 aliphatic rings. The highest BCUT2D eigenvalue weighted by Crippen LogP contribution is 2.18. The van der Waals surface area contributed by atoms with Crippen LogP contribution in [-0.4, -0.2) is 34.9 Å². The first-order valence-electron chi connectivity index (χ1n) is 4.71. The molecule has 0 radical (unpaired) electrons. The van der Waals surface area contributed by atoms with Crippen LogP contribution >= 0.6 is 11.8 Å². The molecule has 0 aliphatic carbocycles. The van der Waals surface area contributed by atoms with Crippen LogP contribution in [0.3, 0.4) is 0 Å². The van der Waals surface area contributed by atoms with Gasteiger partial charge in [0.05, 0.1) is 6.26 Å². The Morgan fingerprint density at radius 3 is 3.21 bits per heavy atom. The van der Waals surface area contributed by atoms with E-state index < -0.39 is 0 Å². The standard InChI is InChI=1S/C10H13NO2S/c1-8-7-14-6-4-11(8)10(12)9-3-2-5-13-9/h2-3,5,8H,4,6-7H2,1H3. The molecule has 0 N–H and O–H groups in total. The third kappa shape index (κ3) is 1.80. The lowest BCUT2D eigenvalue weighted by Gasteiger charge is -2.32. The van der Waals surface area contributed by atoms with Gasteiger partial charge in [-0.25, -0.2) is 0 Å². The second-order valence-electron chi connectivity index (χ2n) is 3.40. The van der Waals surface area contributed by atoms with E-state index >= 15 is 0 Å².